The molecule has 0 atom stereocenters. The molecule has 4 rings (SSSR count). The maximum Gasteiger partial charge on any atom is 0.324 e. The number of benzene rings is 3. The second kappa shape index (κ2) is 14.0. The summed E-state index contributed by atoms with van der Waals surface area (Å²) in [6.45, 7) is 11.9. The van der Waals surface area contributed by atoms with Crippen LogP contribution in [-0.2, 0) is 32.2 Å². The Labute approximate surface area is 279 Å². The molecule has 0 spiro atoms. The smallest absolute Gasteiger partial charge is 0.324 e. The van der Waals surface area contributed by atoms with Crippen molar-refractivity contribution in [1.82, 2.24) is 15.0 Å². The van der Waals surface area contributed by atoms with Gasteiger partial charge < -0.3 is 14.2 Å². The summed E-state index contributed by atoms with van der Waals surface area (Å²) in [5.74, 6) is -1.87. The number of esters is 2. The van der Waals surface area contributed by atoms with Crippen LogP contribution in [0.4, 0.5) is 0 Å². The van der Waals surface area contributed by atoms with Crippen molar-refractivity contribution >= 4 is 40.2 Å². The van der Waals surface area contributed by atoms with Crippen LogP contribution in [0.1, 0.15) is 75.9 Å². The number of rotatable bonds is 11. The van der Waals surface area contributed by atoms with Gasteiger partial charge in [0.05, 0.1) is 5.39 Å². The highest BCUT2D eigenvalue weighted by Crippen LogP contribution is 2.36. The Morgan fingerprint density at radius 1 is 0.851 bits per heavy atom. The van der Waals surface area contributed by atoms with Crippen molar-refractivity contribution in [3.63, 3.8) is 0 Å². The fourth-order valence-corrected chi connectivity index (χ4v) is 5.02. The van der Waals surface area contributed by atoms with Gasteiger partial charge in [-0.05, 0) is 109 Å². The third kappa shape index (κ3) is 9.25. The van der Waals surface area contributed by atoms with Crippen LogP contribution in [0.15, 0.2) is 71.5 Å². The lowest BCUT2D eigenvalue weighted by Gasteiger charge is -2.34. The number of ketones is 1. The number of carbonyl (C=O) groups is 3. The van der Waals surface area contributed by atoms with Gasteiger partial charge in [0.2, 0.25) is 0 Å². The Morgan fingerprint density at radius 2 is 1.49 bits per heavy atom. The first-order valence-electron chi connectivity index (χ1n) is 15.3. The predicted octanol–water partition coefficient (Wildman–Crippen LogP) is 6.67. The molecule has 0 saturated carbocycles. The normalized spacial score (nSPS) is 12.1. The monoisotopic (exact) mass is 661 g/mol. The Balaban J connectivity index is 1.67. The lowest BCUT2D eigenvalue weighted by Crippen LogP contribution is -2.49. The van der Waals surface area contributed by atoms with Crippen LogP contribution in [0.25, 0.3) is 10.9 Å². The van der Waals surface area contributed by atoms with Crippen LogP contribution in [0, 0.1) is 12.3 Å². The summed E-state index contributed by atoms with van der Waals surface area (Å²) in [6.07, 6.45) is -0.885. The van der Waals surface area contributed by atoms with E-state index >= 15 is 0 Å². The predicted molar refractivity (Wildman–Crippen MR) is 178 cm³/mol. The molecule has 10 nitrogen and oxygen atoms in total. The summed E-state index contributed by atoms with van der Waals surface area (Å²) in [6, 6.07) is 18.9. The fraction of sp³-hybridized carbons (Fsp3) is 0.389. The Morgan fingerprint density at radius 3 is 2.09 bits per heavy atom. The van der Waals surface area contributed by atoms with Gasteiger partial charge in [0.25, 0.3) is 5.56 Å². The lowest BCUT2D eigenvalue weighted by atomic mass is 9.78. The van der Waals surface area contributed by atoms with Gasteiger partial charge in [-0.2, -0.15) is 0 Å². The van der Waals surface area contributed by atoms with Crippen molar-refractivity contribution < 1.29 is 28.6 Å². The van der Waals surface area contributed by atoms with Crippen LogP contribution in [-0.4, -0.2) is 43.9 Å². The van der Waals surface area contributed by atoms with E-state index < -0.39 is 46.3 Å². The fourth-order valence-electron chi connectivity index (χ4n) is 4.81. The molecule has 0 saturated heterocycles. The van der Waals surface area contributed by atoms with E-state index in [1.807, 2.05) is 25.1 Å². The Kier molecular flexibility index (Phi) is 10.5. The molecule has 4 aromatic rings. The maximum atomic E-state index is 14.0. The largest absolute Gasteiger partial charge is 0.489 e. The number of fused-ring (bicyclic) bond motifs is 1. The molecule has 0 fully saturated rings. The Hall–Kier alpha value is -4.57. The highest BCUT2D eigenvalue weighted by Gasteiger charge is 2.52. The summed E-state index contributed by atoms with van der Waals surface area (Å²) < 4.78 is 18.4. The summed E-state index contributed by atoms with van der Waals surface area (Å²) in [5, 5.41) is 9.12. The molecule has 11 heteroatoms. The van der Waals surface area contributed by atoms with E-state index in [1.54, 1.807) is 90.1 Å². The number of hydrogen-bond donors (Lipinski definition) is 0. The van der Waals surface area contributed by atoms with Gasteiger partial charge in [-0.25, -0.2) is 4.68 Å². The molecular weight excluding hydrogens is 622 g/mol. The highest BCUT2D eigenvalue weighted by atomic mass is 35.5. The third-order valence-corrected chi connectivity index (χ3v) is 7.38. The molecule has 1 aromatic heterocycles. The SMILES string of the molecule is Cc1ccc2nnn(CCC(CC(=O)c3ccc(OCc4cccc(Cl)c4)cc3)(C(=O)OC(C)(C)C)C(=O)OC(C)(C)C)c(=O)c2c1. The molecular formula is C36H40ClN3O7. The van der Waals surface area contributed by atoms with Crippen LogP contribution in [0.2, 0.25) is 5.02 Å². The number of nitrogens with zero attached hydrogens (tertiary/aromatic N) is 3. The lowest BCUT2D eigenvalue weighted by molar-refractivity contribution is -0.186. The van der Waals surface area contributed by atoms with Crippen molar-refractivity contribution in [2.45, 2.75) is 85.7 Å². The average molecular weight is 662 g/mol. The van der Waals surface area contributed by atoms with Gasteiger partial charge in [-0.3, -0.25) is 19.2 Å². The molecule has 0 unspecified atom stereocenters. The molecule has 47 heavy (non-hydrogen) atoms. The molecule has 1 heterocycles. The van der Waals surface area contributed by atoms with E-state index in [0.29, 0.717) is 21.7 Å². The number of Topliss-reactive ketones (excluding diaryl/α,β-unsaturated/α-hetero) is 1. The minimum atomic E-state index is -2.11. The molecule has 3 aromatic carbocycles. The number of ether oxygens (including phenoxy) is 3. The van der Waals surface area contributed by atoms with E-state index in [4.69, 9.17) is 25.8 Å². The molecule has 0 bridgehead atoms. The second-order valence-corrected chi connectivity index (χ2v) is 14.0. The van der Waals surface area contributed by atoms with Crippen LogP contribution < -0.4 is 10.3 Å². The molecule has 0 radical (unpaired) electrons. The van der Waals surface area contributed by atoms with Crippen LogP contribution in [0.5, 0.6) is 5.75 Å². The molecule has 0 aliphatic carbocycles. The number of halogens is 1. The first-order valence-corrected chi connectivity index (χ1v) is 15.7. The van der Waals surface area contributed by atoms with Crippen molar-refractivity contribution in [2.75, 3.05) is 0 Å². The minimum absolute atomic E-state index is 0.211. The minimum Gasteiger partial charge on any atom is -0.489 e. The Bertz CT molecular complexity index is 1810. The van der Waals surface area contributed by atoms with Crippen molar-refractivity contribution in [3.8, 4) is 5.75 Å². The van der Waals surface area contributed by atoms with Gasteiger partial charge in [-0.15, -0.1) is 5.10 Å². The molecule has 0 aliphatic rings. The van der Waals surface area contributed by atoms with E-state index in [9.17, 15) is 19.2 Å². The first kappa shape index (κ1) is 35.3. The second-order valence-electron chi connectivity index (χ2n) is 13.5. The van der Waals surface area contributed by atoms with Crippen molar-refractivity contribution in [3.05, 3.63) is 98.8 Å². The average Bonchev–Trinajstić information content (AvgIpc) is 2.97. The standard InChI is InChI=1S/C36H40ClN3O7/c1-23-11-16-29-28(19-23)31(42)40(39-38-29)18-17-36(32(43)46-34(2,3)4,33(44)47-35(5,6)7)21-30(41)25-12-14-27(15-13-25)45-22-24-9-8-10-26(37)20-24/h8-16,19-20H,17-18,21-22H2,1-7H3. The third-order valence-electron chi connectivity index (χ3n) is 7.14. The number of carbonyl (C=O) groups excluding carboxylic acids is 3. The van der Waals surface area contributed by atoms with Gasteiger partial charge in [-0.1, -0.05) is 40.6 Å². The van der Waals surface area contributed by atoms with Crippen LogP contribution >= 0.6 is 11.6 Å². The summed E-state index contributed by atoms with van der Waals surface area (Å²) in [5.41, 5.74) is -2.14. The van der Waals surface area contributed by atoms with E-state index in [0.717, 1.165) is 15.8 Å². The maximum absolute atomic E-state index is 14.0. The van der Waals surface area contributed by atoms with Gasteiger partial charge in [0.15, 0.2) is 11.2 Å². The van der Waals surface area contributed by atoms with Crippen molar-refractivity contribution in [2.24, 2.45) is 5.41 Å². The van der Waals surface area contributed by atoms with Crippen molar-refractivity contribution in [1.29, 1.82) is 0 Å². The van der Waals surface area contributed by atoms with Gasteiger partial charge in [0.1, 0.15) is 29.1 Å². The molecule has 0 aliphatic heterocycles. The van der Waals surface area contributed by atoms with Crippen LogP contribution in [0.3, 0.4) is 0 Å². The highest BCUT2D eigenvalue weighted by molar-refractivity contribution is 6.30. The topological polar surface area (TPSA) is 127 Å². The van der Waals surface area contributed by atoms with Gasteiger partial charge >= 0.3 is 11.9 Å². The number of aryl methyl sites for hydroxylation is 2. The summed E-state index contributed by atoms with van der Waals surface area (Å²) in [7, 11) is 0. The van der Waals surface area contributed by atoms with E-state index in [1.165, 1.54) is 0 Å². The zero-order valence-corrected chi connectivity index (χ0v) is 28.5. The number of aromatic nitrogens is 3. The molecule has 0 amide bonds. The number of hydrogen-bond acceptors (Lipinski definition) is 9. The zero-order valence-electron chi connectivity index (χ0n) is 27.8. The van der Waals surface area contributed by atoms with E-state index in [2.05, 4.69) is 10.3 Å². The first-order chi connectivity index (χ1) is 22.0. The van der Waals surface area contributed by atoms with Gasteiger partial charge in [0, 0.05) is 23.6 Å². The summed E-state index contributed by atoms with van der Waals surface area (Å²) in [4.78, 5) is 55.2. The summed E-state index contributed by atoms with van der Waals surface area (Å²) >= 11 is 6.06. The molecule has 248 valence electrons. The molecule has 0 N–H and O–H groups in total. The van der Waals surface area contributed by atoms with E-state index in [-0.39, 0.29) is 25.1 Å². The zero-order chi connectivity index (χ0) is 34.6. The quantitative estimate of drug-likeness (QED) is 0.0984.